The molecule has 0 unspecified atom stereocenters. The Morgan fingerprint density at radius 2 is 1.83 bits per heavy atom. The van der Waals surface area contributed by atoms with Crippen molar-refractivity contribution in [3.63, 3.8) is 0 Å². The summed E-state index contributed by atoms with van der Waals surface area (Å²) in [4.78, 5) is 8.68. The zero-order valence-electron chi connectivity index (χ0n) is 17.6. The monoisotopic (exact) mass is 408 g/mol. The zero-order valence-corrected chi connectivity index (χ0v) is 17.6. The second-order valence-corrected chi connectivity index (χ2v) is 6.59. The van der Waals surface area contributed by atoms with Gasteiger partial charge in [-0.1, -0.05) is 25.1 Å². The Morgan fingerprint density at radius 1 is 1.03 bits per heavy atom. The van der Waals surface area contributed by atoms with Gasteiger partial charge in [0.25, 0.3) is 0 Å². The van der Waals surface area contributed by atoms with Crippen molar-refractivity contribution in [2.45, 2.75) is 26.4 Å². The van der Waals surface area contributed by atoms with Crippen LogP contribution >= 0.6 is 0 Å². The van der Waals surface area contributed by atoms with E-state index < -0.39 is 0 Å². The van der Waals surface area contributed by atoms with E-state index in [1.54, 1.807) is 19.4 Å². The summed E-state index contributed by atoms with van der Waals surface area (Å²) in [6.07, 6.45) is 4.41. The zero-order chi connectivity index (χ0) is 21.2. The minimum absolute atomic E-state index is 0.506. The van der Waals surface area contributed by atoms with Gasteiger partial charge in [-0.2, -0.15) is 5.10 Å². The Bertz CT molecular complexity index is 970. The van der Waals surface area contributed by atoms with E-state index in [2.05, 4.69) is 32.6 Å². The number of aliphatic imine (C=N–C) groups is 1. The van der Waals surface area contributed by atoms with Gasteiger partial charge in [-0.15, -0.1) is 0 Å². The second-order valence-electron chi connectivity index (χ2n) is 6.59. The molecule has 0 aliphatic rings. The summed E-state index contributed by atoms with van der Waals surface area (Å²) in [6, 6.07) is 13.4. The topological polar surface area (TPSA) is 85.6 Å². The lowest BCUT2D eigenvalue weighted by atomic mass is 10.2. The minimum atomic E-state index is 0.506. The van der Waals surface area contributed by atoms with Gasteiger partial charge in [0.15, 0.2) is 17.5 Å². The first-order valence-corrected chi connectivity index (χ1v) is 9.96. The molecule has 0 saturated heterocycles. The predicted octanol–water partition coefficient (Wildman–Crippen LogP) is 3.26. The first-order valence-electron chi connectivity index (χ1n) is 9.96. The van der Waals surface area contributed by atoms with Crippen molar-refractivity contribution in [2.24, 2.45) is 12.0 Å². The standard InChI is InChI=1S/C22H28N6O2/c1-4-14-29-19-9-5-6-10-20(19)30-21-17(8-7-12-24-21)15-25-22(23-2)26-16-18-11-13-27-28(18)3/h5-13H,4,14-16H2,1-3H3,(H2,23,25,26). The summed E-state index contributed by atoms with van der Waals surface area (Å²) < 4.78 is 13.7. The molecular weight excluding hydrogens is 380 g/mol. The molecule has 0 bridgehead atoms. The van der Waals surface area contributed by atoms with Crippen LogP contribution in [0, 0.1) is 0 Å². The number of aromatic nitrogens is 3. The van der Waals surface area contributed by atoms with E-state index in [1.807, 2.05) is 54.2 Å². The van der Waals surface area contributed by atoms with Gasteiger partial charge in [-0.25, -0.2) is 4.98 Å². The van der Waals surface area contributed by atoms with Crippen LogP contribution in [0.4, 0.5) is 0 Å². The number of nitrogens with zero attached hydrogens (tertiary/aromatic N) is 4. The van der Waals surface area contributed by atoms with Crippen molar-refractivity contribution in [3.05, 3.63) is 66.1 Å². The maximum Gasteiger partial charge on any atom is 0.224 e. The SMILES string of the molecule is CCCOc1ccccc1Oc1ncccc1CNC(=NC)NCc1ccnn1C. The summed E-state index contributed by atoms with van der Waals surface area (Å²) in [6.45, 7) is 3.83. The van der Waals surface area contributed by atoms with E-state index in [0.717, 1.165) is 17.7 Å². The maximum absolute atomic E-state index is 6.09. The fourth-order valence-corrected chi connectivity index (χ4v) is 2.77. The summed E-state index contributed by atoms with van der Waals surface area (Å²) in [7, 11) is 3.65. The first kappa shape index (κ1) is 21.2. The average molecular weight is 409 g/mol. The van der Waals surface area contributed by atoms with Crippen LogP contribution in [0.15, 0.2) is 59.9 Å². The van der Waals surface area contributed by atoms with Gasteiger partial charge in [0.2, 0.25) is 5.88 Å². The molecule has 0 amide bonds. The van der Waals surface area contributed by atoms with Crippen LogP contribution in [-0.2, 0) is 20.1 Å². The molecule has 3 rings (SSSR count). The molecule has 0 spiro atoms. The van der Waals surface area contributed by atoms with Crippen molar-refractivity contribution in [3.8, 4) is 17.4 Å². The van der Waals surface area contributed by atoms with Crippen LogP contribution in [0.1, 0.15) is 24.6 Å². The van der Waals surface area contributed by atoms with Crippen LogP contribution in [-0.4, -0.2) is 34.4 Å². The van der Waals surface area contributed by atoms with Gasteiger partial charge in [0.1, 0.15) is 0 Å². The molecule has 2 heterocycles. The number of ether oxygens (including phenoxy) is 2. The molecule has 30 heavy (non-hydrogen) atoms. The molecule has 2 aromatic heterocycles. The second kappa shape index (κ2) is 10.8. The largest absolute Gasteiger partial charge is 0.490 e. The Labute approximate surface area is 177 Å². The van der Waals surface area contributed by atoms with E-state index in [9.17, 15) is 0 Å². The average Bonchev–Trinajstić information content (AvgIpc) is 3.19. The highest BCUT2D eigenvalue weighted by atomic mass is 16.5. The lowest BCUT2D eigenvalue weighted by Gasteiger charge is -2.15. The highest BCUT2D eigenvalue weighted by molar-refractivity contribution is 5.79. The first-order chi connectivity index (χ1) is 14.7. The number of hydrogen-bond donors (Lipinski definition) is 2. The van der Waals surface area contributed by atoms with Gasteiger partial charge < -0.3 is 20.1 Å². The molecule has 0 fully saturated rings. The minimum Gasteiger partial charge on any atom is -0.490 e. The highest BCUT2D eigenvalue weighted by Crippen LogP contribution is 2.31. The molecule has 1 aromatic carbocycles. The Hall–Kier alpha value is -3.55. The lowest BCUT2D eigenvalue weighted by Crippen LogP contribution is -2.36. The van der Waals surface area contributed by atoms with Crippen molar-refractivity contribution in [1.29, 1.82) is 0 Å². The van der Waals surface area contributed by atoms with E-state index >= 15 is 0 Å². The number of benzene rings is 1. The number of para-hydroxylation sites is 2. The Balaban J connectivity index is 1.64. The van der Waals surface area contributed by atoms with Crippen molar-refractivity contribution in [1.82, 2.24) is 25.4 Å². The Morgan fingerprint density at radius 3 is 2.57 bits per heavy atom. The third-order valence-corrected chi connectivity index (χ3v) is 4.40. The molecule has 0 saturated carbocycles. The van der Waals surface area contributed by atoms with Gasteiger partial charge in [-0.3, -0.25) is 9.67 Å². The molecular formula is C22H28N6O2. The van der Waals surface area contributed by atoms with Gasteiger partial charge in [0, 0.05) is 38.6 Å². The molecule has 158 valence electrons. The lowest BCUT2D eigenvalue weighted by molar-refractivity contribution is 0.300. The summed E-state index contributed by atoms with van der Waals surface area (Å²) in [5, 5.41) is 10.8. The van der Waals surface area contributed by atoms with Crippen LogP contribution < -0.4 is 20.1 Å². The smallest absolute Gasteiger partial charge is 0.224 e. The summed E-state index contributed by atoms with van der Waals surface area (Å²) >= 11 is 0. The van der Waals surface area contributed by atoms with E-state index in [-0.39, 0.29) is 0 Å². The number of pyridine rings is 1. The van der Waals surface area contributed by atoms with E-state index in [0.29, 0.717) is 43.0 Å². The van der Waals surface area contributed by atoms with Crippen LogP contribution in [0.25, 0.3) is 0 Å². The van der Waals surface area contributed by atoms with Crippen LogP contribution in [0.2, 0.25) is 0 Å². The third kappa shape index (κ3) is 5.73. The van der Waals surface area contributed by atoms with Gasteiger partial charge >= 0.3 is 0 Å². The van der Waals surface area contributed by atoms with Crippen LogP contribution in [0.3, 0.4) is 0 Å². The van der Waals surface area contributed by atoms with Crippen molar-refractivity contribution in [2.75, 3.05) is 13.7 Å². The Kier molecular flexibility index (Phi) is 7.65. The number of guanidine groups is 1. The highest BCUT2D eigenvalue weighted by Gasteiger charge is 2.11. The summed E-state index contributed by atoms with van der Waals surface area (Å²) in [5.41, 5.74) is 1.97. The molecule has 3 aromatic rings. The third-order valence-electron chi connectivity index (χ3n) is 4.40. The molecule has 0 aliphatic carbocycles. The number of rotatable bonds is 9. The molecule has 0 aliphatic heterocycles. The maximum atomic E-state index is 6.09. The normalized spacial score (nSPS) is 11.2. The molecule has 2 N–H and O–H groups in total. The number of nitrogens with one attached hydrogen (secondary N) is 2. The van der Waals surface area contributed by atoms with Gasteiger partial charge in [0.05, 0.1) is 18.8 Å². The quantitative estimate of drug-likeness (QED) is 0.418. The van der Waals surface area contributed by atoms with Gasteiger partial charge in [-0.05, 0) is 30.7 Å². The fourth-order valence-electron chi connectivity index (χ4n) is 2.77. The molecule has 8 heteroatoms. The van der Waals surface area contributed by atoms with E-state index in [1.165, 1.54) is 0 Å². The van der Waals surface area contributed by atoms with Crippen LogP contribution in [0.5, 0.6) is 17.4 Å². The predicted molar refractivity (Wildman–Crippen MR) is 117 cm³/mol. The van der Waals surface area contributed by atoms with E-state index in [4.69, 9.17) is 9.47 Å². The number of aryl methyl sites for hydroxylation is 1. The number of hydrogen-bond acceptors (Lipinski definition) is 5. The molecule has 8 nitrogen and oxygen atoms in total. The summed E-state index contributed by atoms with van der Waals surface area (Å²) in [5.74, 6) is 2.56. The molecule has 0 radical (unpaired) electrons. The molecule has 0 atom stereocenters. The fraction of sp³-hybridized carbons (Fsp3) is 0.318. The van der Waals surface area contributed by atoms with Crippen molar-refractivity contribution >= 4 is 5.96 Å². The van der Waals surface area contributed by atoms with Crippen molar-refractivity contribution < 1.29 is 9.47 Å².